The molecule has 2 aromatic rings. The number of carbonyl (C=O) groups is 1. The van der Waals surface area contributed by atoms with Gasteiger partial charge in [-0.2, -0.15) is 0 Å². The Morgan fingerprint density at radius 2 is 2.10 bits per heavy atom. The zero-order chi connectivity index (χ0) is 14.3. The number of benzene rings is 1. The smallest absolute Gasteiger partial charge is 0.251 e. The number of aromatic amines is 1. The molecule has 3 heteroatoms. The number of nitrogens with one attached hydrogen (secondary N) is 2. The van der Waals surface area contributed by atoms with E-state index in [-0.39, 0.29) is 5.91 Å². The van der Waals surface area contributed by atoms with Crippen molar-refractivity contribution >= 4 is 16.8 Å². The maximum atomic E-state index is 12.3. The molecule has 1 aromatic carbocycles. The van der Waals surface area contributed by atoms with E-state index in [0.717, 1.165) is 23.0 Å². The van der Waals surface area contributed by atoms with Crippen LogP contribution < -0.4 is 5.32 Å². The molecule has 1 heterocycles. The molecule has 0 atom stereocenters. The van der Waals surface area contributed by atoms with E-state index in [4.69, 9.17) is 0 Å². The van der Waals surface area contributed by atoms with Crippen LogP contribution in [0.1, 0.15) is 47.8 Å². The van der Waals surface area contributed by atoms with E-state index in [2.05, 4.69) is 31.1 Å². The lowest BCUT2D eigenvalue weighted by atomic mass is 9.70. The molecule has 3 rings (SSSR count). The van der Waals surface area contributed by atoms with Crippen LogP contribution in [0, 0.1) is 19.3 Å². The Morgan fingerprint density at radius 1 is 1.35 bits per heavy atom. The molecule has 1 fully saturated rings. The summed E-state index contributed by atoms with van der Waals surface area (Å²) in [5.74, 6) is 0.0401. The van der Waals surface area contributed by atoms with Crippen molar-refractivity contribution in [2.45, 2.75) is 40.0 Å². The Bertz CT molecular complexity index is 665. The summed E-state index contributed by atoms with van der Waals surface area (Å²) in [6.07, 6.45) is 3.74. The molecule has 1 aliphatic rings. The van der Waals surface area contributed by atoms with Crippen LogP contribution in [0.3, 0.4) is 0 Å². The number of fused-ring (bicyclic) bond motifs is 1. The first kappa shape index (κ1) is 13.2. The molecule has 106 valence electrons. The zero-order valence-electron chi connectivity index (χ0n) is 12.5. The predicted octanol–water partition coefficient (Wildman–Crippen LogP) is 3.70. The quantitative estimate of drug-likeness (QED) is 0.877. The van der Waals surface area contributed by atoms with E-state index >= 15 is 0 Å². The molecule has 0 spiro atoms. The van der Waals surface area contributed by atoms with E-state index in [1.807, 2.05) is 18.2 Å². The number of H-pyrrole nitrogens is 1. The SMILES string of the molecule is Cc1[nH]c2ccc(C(=O)NCC3(C)CCC3)cc2c1C. The average Bonchev–Trinajstić information content (AvgIpc) is 2.69. The second-order valence-electron chi connectivity index (χ2n) is 6.48. The van der Waals surface area contributed by atoms with Crippen LogP contribution in [-0.4, -0.2) is 17.4 Å². The van der Waals surface area contributed by atoms with Crippen molar-refractivity contribution < 1.29 is 4.79 Å². The van der Waals surface area contributed by atoms with Crippen LogP contribution in [0.4, 0.5) is 0 Å². The van der Waals surface area contributed by atoms with Gasteiger partial charge in [0, 0.05) is 28.7 Å². The van der Waals surface area contributed by atoms with Crippen LogP contribution in [0.25, 0.3) is 10.9 Å². The van der Waals surface area contributed by atoms with Crippen molar-refractivity contribution in [3.63, 3.8) is 0 Å². The third kappa shape index (κ3) is 2.21. The first-order chi connectivity index (χ1) is 9.48. The molecular formula is C17H22N2O. The molecule has 3 nitrogen and oxygen atoms in total. The molecule has 0 saturated heterocycles. The molecule has 0 radical (unpaired) electrons. The molecule has 1 aliphatic carbocycles. The maximum Gasteiger partial charge on any atom is 0.251 e. The molecule has 0 unspecified atom stereocenters. The standard InChI is InChI=1S/C17H22N2O/c1-11-12(2)19-15-6-5-13(9-14(11)15)16(20)18-10-17(3)7-4-8-17/h5-6,9,19H,4,7-8,10H2,1-3H3,(H,18,20). The fourth-order valence-electron chi connectivity index (χ4n) is 2.96. The largest absolute Gasteiger partial charge is 0.358 e. The molecule has 1 saturated carbocycles. The van der Waals surface area contributed by atoms with E-state index < -0.39 is 0 Å². The number of hydrogen-bond donors (Lipinski definition) is 2. The molecule has 0 aliphatic heterocycles. The minimum atomic E-state index is 0.0401. The monoisotopic (exact) mass is 270 g/mol. The lowest BCUT2D eigenvalue weighted by molar-refractivity contribution is 0.0891. The second-order valence-corrected chi connectivity index (χ2v) is 6.48. The fraction of sp³-hybridized carbons (Fsp3) is 0.471. The predicted molar refractivity (Wildman–Crippen MR) is 82.1 cm³/mol. The third-order valence-electron chi connectivity index (χ3n) is 4.81. The normalized spacial score (nSPS) is 16.9. The van der Waals surface area contributed by atoms with Crippen molar-refractivity contribution in [1.82, 2.24) is 10.3 Å². The summed E-state index contributed by atoms with van der Waals surface area (Å²) >= 11 is 0. The maximum absolute atomic E-state index is 12.3. The van der Waals surface area contributed by atoms with Crippen molar-refractivity contribution in [3.05, 3.63) is 35.0 Å². The van der Waals surface area contributed by atoms with Crippen LogP contribution >= 0.6 is 0 Å². The third-order valence-corrected chi connectivity index (χ3v) is 4.81. The van der Waals surface area contributed by atoms with Crippen molar-refractivity contribution in [2.75, 3.05) is 6.54 Å². The van der Waals surface area contributed by atoms with E-state index in [9.17, 15) is 4.79 Å². The Labute approximate surface area is 119 Å². The van der Waals surface area contributed by atoms with Crippen molar-refractivity contribution in [1.29, 1.82) is 0 Å². The summed E-state index contributed by atoms with van der Waals surface area (Å²) in [6.45, 7) is 7.19. The Morgan fingerprint density at radius 3 is 2.75 bits per heavy atom. The molecule has 2 N–H and O–H groups in total. The molecule has 0 bridgehead atoms. The second kappa shape index (κ2) is 4.65. The minimum absolute atomic E-state index is 0.0401. The van der Waals surface area contributed by atoms with Gasteiger partial charge in [-0.25, -0.2) is 0 Å². The lowest BCUT2D eigenvalue weighted by Crippen LogP contribution is -2.39. The number of amides is 1. The summed E-state index contributed by atoms with van der Waals surface area (Å²) in [6, 6.07) is 5.89. The van der Waals surface area contributed by atoms with Crippen LogP contribution in [-0.2, 0) is 0 Å². The van der Waals surface area contributed by atoms with E-state index in [1.54, 1.807) is 0 Å². The van der Waals surface area contributed by atoms with Gasteiger partial charge < -0.3 is 10.3 Å². The van der Waals surface area contributed by atoms with E-state index in [1.165, 1.54) is 30.5 Å². The number of hydrogen-bond acceptors (Lipinski definition) is 1. The summed E-state index contributed by atoms with van der Waals surface area (Å²) in [4.78, 5) is 15.6. The van der Waals surface area contributed by atoms with Gasteiger partial charge in [0.15, 0.2) is 0 Å². The van der Waals surface area contributed by atoms with Gasteiger partial charge in [0.25, 0.3) is 5.91 Å². The van der Waals surface area contributed by atoms with Crippen LogP contribution in [0.15, 0.2) is 18.2 Å². The number of rotatable bonds is 3. The highest BCUT2D eigenvalue weighted by molar-refractivity contribution is 5.99. The summed E-state index contributed by atoms with van der Waals surface area (Å²) in [5.41, 5.74) is 4.56. The Balaban J connectivity index is 1.79. The van der Waals surface area contributed by atoms with Crippen molar-refractivity contribution in [2.24, 2.45) is 5.41 Å². The highest BCUT2D eigenvalue weighted by atomic mass is 16.1. The van der Waals surface area contributed by atoms with Crippen LogP contribution in [0.2, 0.25) is 0 Å². The number of carbonyl (C=O) groups excluding carboxylic acids is 1. The van der Waals surface area contributed by atoms with Crippen LogP contribution in [0.5, 0.6) is 0 Å². The number of aromatic nitrogens is 1. The van der Waals surface area contributed by atoms with Gasteiger partial charge in [0.2, 0.25) is 0 Å². The van der Waals surface area contributed by atoms with Gasteiger partial charge >= 0.3 is 0 Å². The molecule has 1 amide bonds. The van der Waals surface area contributed by atoms with Gasteiger partial charge in [-0.3, -0.25) is 4.79 Å². The fourth-order valence-corrected chi connectivity index (χ4v) is 2.96. The number of aryl methyl sites for hydroxylation is 2. The van der Waals surface area contributed by atoms with Gasteiger partial charge in [0.1, 0.15) is 0 Å². The Kier molecular flexibility index (Phi) is 3.08. The molecular weight excluding hydrogens is 248 g/mol. The van der Waals surface area contributed by atoms with Gasteiger partial charge in [-0.15, -0.1) is 0 Å². The van der Waals surface area contributed by atoms with Crippen molar-refractivity contribution in [3.8, 4) is 0 Å². The highest BCUT2D eigenvalue weighted by Crippen LogP contribution is 2.39. The first-order valence-corrected chi connectivity index (χ1v) is 7.36. The Hall–Kier alpha value is -1.77. The average molecular weight is 270 g/mol. The first-order valence-electron chi connectivity index (χ1n) is 7.36. The summed E-state index contributed by atoms with van der Waals surface area (Å²) in [7, 11) is 0. The molecule has 20 heavy (non-hydrogen) atoms. The van der Waals surface area contributed by atoms with Gasteiger partial charge in [-0.05, 0) is 55.9 Å². The van der Waals surface area contributed by atoms with Gasteiger partial charge in [-0.1, -0.05) is 13.3 Å². The minimum Gasteiger partial charge on any atom is -0.358 e. The van der Waals surface area contributed by atoms with Gasteiger partial charge in [0.05, 0.1) is 0 Å². The lowest BCUT2D eigenvalue weighted by Gasteiger charge is -2.38. The zero-order valence-corrected chi connectivity index (χ0v) is 12.5. The summed E-state index contributed by atoms with van der Waals surface area (Å²) in [5, 5.41) is 4.23. The summed E-state index contributed by atoms with van der Waals surface area (Å²) < 4.78 is 0. The van der Waals surface area contributed by atoms with E-state index in [0.29, 0.717) is 5.41 Å². The molecule has 1 aromatic heterocycles. The highest BCUT2D eigenvalue weighted by Gasteiger charge is 2.31. The topological polar surface area (TPSA) is 44.9 Å².